The lowest BCUT2D eigenvalue weighted by atomic mass is 10.1. The van der Waals surface area contributed by atoms with Gasteiger partial charge in [-0.15, -0.1) is 0 Å². The molecule has 0 aliphatic rings. The summed E-state index contributed by atoms with van der Waals surface area (Å²) in [4.78, 5) is 4.84. The summed E-state index contributed by atoms with van der Waals surface area (Å²) in [6.07, 6.45) is 1.10. The van der Waals surface area contributed by atoms with Crippen LogP contribution in [0.5, 0.6) is 0 Å². The summed E-state index contributed by atoms with van der Waals surface area (Å²) in [5.41, 5.74) is 4.76. The van der Waals surface area contributed by atoms with E-state index < -0.39 is 0 Å². The first-order valence-electron chi connectivity index (χ1n) is 7.24. The Bertz CT molecular complexity index is 723. The Balaban J connectivity index is 2.26. The molecule has 0 saturated heterocycles. The molecular formula is C18H20N2. The lowest BCUT2D eigenvalue weighted by Gasteiger charge is -2.16. The van der Waals surface area contributed by atoms with Crippen LogP contribution in [0.3, 0.4) is 0 Å². The van der Waals surface area contributed by atoms with E-state index in [1.54, 1.807) is 0 Å². The van der Waals surface area contributed by atoms with Gasteiger partial charge >= 0.3 is 0 Å². The van der Waals surface area contributed by atoms with Gasteiger partial charge in [-0.2, -0.15) is 0 Å². The molecule has 0 amide bonds. The van der Waals surface area contributed by atoms with Crippen molar-refractivity contribution in [3.05, 3.63) is 54.1 Å². The van der Waals surface area contributed by atoms with E-state index in [0.717, 1.165) is 17.8 Å². The minimum absolute atomic E-state index is 0.443. The Morgan fingerprint density at radius 3 is 2.45 bits per heavy atom. The van der Waals surface area contributed by atoms with Crippen LogP contribution in [0.4, 0.5) is 0 Å². The molecular weight excluding hydrogens is 244 g/mol. The summed E-state index contributed by atoms with van der Waals surface area (Å²) in [6.45, 7) is 6.59. The molecule has 2 nitrogen and oxygen atoms in total. The molecule has 3 aromatic rings. The van der Waals surface area contributed by atoms with Crippen molar-refractivity contribution in [3.63, 3.8) is 0 Å². The second-order valence-corrected chi connectivity index (χ2v) is 5.42. The average molecular weight is 264 g/mol. The van der Waals surface area contributed by atoms with Crippen LogP contribution in [0.2, 0.25) is 0 Å². The second kappa shape index (κ2) is 5.12. The maximum Gasteiger partial charge on any atom is 0.141 e. The highest BCUT2D eigenvalue weighted by molar-refractivity contribution is 5.80. The largest absolute Gasteiger partial charge is 0.321 e. The van der Waals surface area contributed by atoms with Gasteiger partial charge in [-0.3, -0.25) is 0 Å². The van der Waals surface area contributed by atoms with Gasteiger partial charge in [0.15, 0.2) is 0 Å². The normalized spacial score (nSPS) is 12.8. The smallest absolute Gasteiger partial charge is 0.141 e. The SMILES string of the molecule is CCC(C)n1c(-c2ccc(C)cc2)nc2ccccc21. The predicted octanol–water partition coefficient (Wildman–Crippen LogP) is 4.98. The van der Waals surface area contributed by atoms with Gasteiger partial charge in [0.25, 0.3) is 0 Å². The van der Waals surface area contributed by atoms with E-state index in [0.29, 0.717) is 6.04 Å². The van der Waals surface area contributed by atoms with E-state index >= 15 is 0 Å². The van der Waals surface area contributed by atoms with E-state index in [1.807, 2.05) is 0 Å². The number of nitrogens with zero attached hydrogens (tertiary/aromatic N) is 2. The minimum atomic E-state index is 0.443. The first kappa shape index (κ1) is 12.9. The first-order valence-corrected chi connectivity index (χ1v) is 7.24. The number of imidazole rings is 1. The molecule has 0 radical (unpaired) electrons. The molecule has 0 N–H and O–H groups in total. The number of hydrogen-bond acceptors (Lipinski definition) is 1. The predicted molar refractivity (Wildman–Crippen MR) is 84.9 cm³/mol. The van der Waals surface area contributed by atoms with Crippen LogP contribution in [0.15, 0.2) is 48.5 Å². The Hall–Kier alpha value is -2.09. The maximum absolute atomic E-state index is 4.84. The zero-order chi connectivity index (χ0) is 14.1. The van der Waals surface area contributed by atoms with Gasteiger partial charge in [-0.25, -0.2) is 4.98 Å². The van der Waals surface area contributed by atoms with Crippen molar-refractivity contribution in [2.45, 2.75) is 33.2 Å². The van der Waals surface area contributed by atoms with Crippen molar-refractivity contribution in [2.75, 3.05) is 0 Å². The Labute approximate surface area is 120 Å². The van der Waals surface area contributed by atoms with Gasteiger partial charge in [0, 0.05) is 11.6 Å². The summed E-state index contributed by atoms with van der Waals surface area (Å²) in [7, 11) is 0. The first-order chi connectivity index (χ1) is 9.70. The molecule has 102 valence electrons. The molecule has 0 spiro atoms. The fourth-order valence-corrected chi connectivity index (χ4v) is 2.58. The summed E-state index contributed by atoms with van der Waals surface area (Å²) in [6, 6.07) is 17.4. The molecule has 2 heteroatoms. The highest BCUT2D eigenvalue weighted by Crippen LogP contribution is 2.29. The molecule has 1 heterocycles. The third kappa shape index (κ3) is 2.11. The fraction of sp³-hybridized carbons (Fsp3) is 0.278. The van der Waals surface area contributed by atoms with Gasteiger partial charge in [-0.05, 0) is 32.4 Å². The summed E-state index contributed by atoms with van der Waals surface area (Å²) < 4.78 is 2.36. The van der Waals surface area contributed by atoms with E-state index in [1.165, 1.54) is 16.6 Å². The molecule has 1 unspecified atom stereocenters. The van der Waals surface area contributed by atoms with Crippen molar-refractivity contribution in [1.29, 1.82) is 0 Å². The fourth-order valence-electron chi connectivity index (χ4n) is 2.58. The zero-order valence-corrected chi connectivity index (χ0v) is 12.3. The summed E-state index contributed by atoms with van der Waals surface area (Å²) in [5, 5.41) is 0. The highest BCUT2D eigenvalue weighted by atomic mass is 15.1. The van der Waals surface area contributed by atoms with Crippen LogP contribution in [0.1, 0.15) is 31.9 Å². The Kier molecular flexibility index (Phi) is 3.31. The van der Waals surface area contributed by atoms with E-state index in [4.69, 9.17) is 4.98 Å². The van der Waals surface area contributed by atoms with Crippen molar-refractivity contribution >= 4 is 11.0 Å². The lowest BCUT2D eigenvalue weighted by molar-refractivity contribution is 0.550. The highest BCUT2D eigenvalue weighted by Gasteiger charge is 2.15. The quantitative estimate of drug-likeness (QED) is 0.652. The van der Waals surface area contributed by atoms with Crippen LogP contribution in [-0.4, -0.2) is 9.55 Å². The van der Waals surface area contributed by atoms with Gasteiger partial charge in [0.1, 0.15) is 5.82 Å². The molecule has 0 aliphatic heterocycles. The number of hydrogen-bond donors (Lipinski definition) is 0. The number of rotatable bonds is 3. The zero-order valence-electron chi connectivity index (χ0n) is 12.3. The van der Waals surface area contributed by atoms with Crippen LogP contribution in [-0.2, 0) is 0 Å². The van der Waals surface area contributed by atoms with Gasteiger partial charge < -0.3 is 4.57 Å². The molecule has 0 bridgehead atoms. The lowest BCUT2D eigenvalue weighted by Crippen LogP contribution is -2.05. The van der Waals surface area contributed by atoms with Crippen LogP contribution in [0, 0.1) is 6.92 Å². The van der Waals surface area contributed by atoms with E-state index in [2.05, 4.69) is 73.9 Å². The number of para-hydroxylation sites is 2. The molecule has 0 fully saturated rings. The topological polar surface area (TPSA) is 17.8 Å². The summed E-state index contributed by atoms with van der Waals surface area (Å²) >= 11 is 0. The second-order valence-electron chi connectivity index (χ2n) is 5.42. The van der Waals surface area contributed by atoms with Crippen molar-refractivity contribution < 1.29 is 0 Å². The van der Waals surface area contributed by atoms with Crippen molar-refractivity contribution in [1.82, 2.24) is 9.55 Å². The van der Waals surface area contributed by atoms with Crippen LogP contribution in [0.25, 0.3) is 22.4 Å². The maximum atomic E-state index is 4.84. The molecule has 0 aliphatic carbocycles. The number of aromatic nitrogens is 2. The third-order valence-electron chi connectivity index (χ3n) is 3.94. The monoisotopic (exact) mass is 264 g/mol. The summed E-state index contributed by atoms with van der Waals surface area (Å²) in [5.74, 6) is 1.07. The van der Waals surface area contributed by atoms with E-state index in [9.17, 15) is 0 Å². The average Bonchev–Trinajstić information content (AvgIpc) is 2.86. The van der Waals surface area contributed by atoms with Crippen LogP contribution < -0.4 is 0 Å². The standard InChI is InChI=1S/C18H20N2/c1-4-14(3)20-17-8-6-5-7-16(17)19-18(20)15-11-9-13(2)10-12-15/h5-12,14H,4H2,1-3H3. The minimum Gasteiger partial charge on any atom is -0.321 e. The van der Waals surface area contributed by atoms with Gasteiger partial charge in [0.2, 0.25) is 0 Å². The number of benzene rings is 2. The number of fused-ring (bicyclic) bond motifs is 1. The van der Waals surface area contributed by atoms with Gasteiger partial charge in [0.05, 0.1) is 11.0 Å². The molecule has 1 aromatic heterocycles. The van der Waals surface area contributed by atoms with Crippen molar-refractivity contribution in [2.24, 2.45) is 0 Å². The molecule has 3 rings (SSSR count). The molecule has 1 atom stereocenters. The Morgan fingerprint density at radius 1 is 1.05 bits per heavy atom. The van der Waals surface area contributed by atoms with E-state index in [-0.39, 0.29) is 0 Å². The molecule has 2 aromatic carbocycles. The van der Waals surface area contributed by atoms with Crippen LogP contribution >= 0.6 is 0 Å². The molecule has 0 saturated carbocycles. The van der Waals surface area contributed by atoms with Crippen molar-refractivity contribution in [3.8, 4) is 11.4 Å². The third-order valence-corrected chi connectivity index (χ3v) is 3.94. The Morgan fingerprint density at radius 2 is 1.75 bits per heavy atom. The molecule has 20 heavy (non-hydrogen) atoms. The number of aryl methyl sites for hydroxylation is 1. The van der Waals surface area contributed by atoms with Gasteiger partial charge in [-0.1, -0.05) is 48.9 Å².